The largest absolute Gasteiger partial charge is 0.493 e. The van der Waals surface area contributed by atoms with Gasteiger partial charge in [-0.05, 0) is 42.3 Å². The number of fused-ring (bicyclic) bond motifs is 4. The van der Waals surface area contributed by atoms with Crippen molar-refractivity contribution < 1.29 is 18.3 Å². The van der Waals surface area contributed by atoms with Crippen molar-refractivity contribution in [2.75, 3.05) is 26.1 Å². The third kappa shape index (κ3) is 4.32. The molecule has 1 aliphatic heterocycles. The number of anilines is 1. The van der Waals surface area contributed by atoms with Gasteiger partial charge in [-0.15, -0.1) is 5.10 Å². The number of aromatic nitrogens is 4. The summed E-state index contributed by atoms with van der Waals surface area (Å²) in [5.74, 6) is 4.07. The average Bonchev–Trinajstić information content (AvgIpc) is 3.75. The van der Waals surface area contributed by atoms with Gasteiger partial charge in [-0.3, -0.25) is 4.90 Å². The number of benzene rings is 2. The van der Waals surface area contributed by atoms with Crippen LogP contribution >= 0.6 is 0 Å². The van der Waals surface area contributed by atoms with Crippen LogP contribution in [0, 0.1) is 0 Å². The van der Waals surface area contributed by atoms with Crippen LogP contribution in [-0.4, -0.2) is 45.2 Å². The van der Waals surface area contributed by atoms with Gasteiger partial charge in [0.25, 0.3) is 0 Å². The van der Waals surface area contributed by atoms with Crippen LogP contribution in [0.4, 0.5) is 5.95 Å². The maximum absolute atomic E-state index is 6.19. The molecule has 0 amide bonds. The molecule has 0 saturated carbocycles. The summed E-state index contributed by atoms with van der Waals surface area (Å²) in [6.07, 6.45) is 4.43. The molecule has 7 rings (SSSR count). The molecule has 202 valence electrons. The summed E-state index contributed by atoms with van der Waals surface area (Å²) >= 11 is 0. The Kier molecular flexibility index (Phi) is 6.09. The molecule has 0 atom stereocenters. The molecule has 1 aliphatic rings. The zero-order chi connectivity index (χ0) is 27.1. The van der Waals surface area contributed by atoms with E-state index in [1.54, 1.807) is 25.0 Å². The second-order valence-electron chi connectivity index (χ2n) is 9.76. The van der Waals surface area contributed by atoms with E-state index in [9.17, 15) is 0 Å². The Hall–Kier alpha value is -4.83. The number of methoxy groups -OCH3 is 2. The van der Waals surface area contributed by atoms with Gasteiger partial charge in [0, 0.05) is 42.3 Å². The van der Waals surface area contributed by atoms with Crippen LogP contribution in [0.25, 0.3) is 28.2 Å². The fourth-order valence-corrected chi connectivity index (χ4v) is 5.31. The lowest BCUT2D eigenvalue weighted by Crippen LogP contribution is -2.29. The van der Waals surface area contributed by atoms with Gasteiger partial charge in [0.1, 0.15) is 11.3 Å². The van der Waals surface area contributed by atoms with Crippen molar-refractivity contribution in [1.29, 1.82) is 0 Å². The van der Waals surface area contributed by atoms with Crippen molar-refractivity contribution in [3.8, 4) is 23.1 Å². The van der Waals surface area contributed by atoms with E-state index in [1.165, 1.54) is 10.9 Å². The molecule has 0 bridgehead atoms. The molecule has 0 saturated heterocycles. The van der Waals surface area contributed by atoms with Crippen LogP contribution < -0.4 is 14.8 Å². The van der Waals surface area contributed by atoms with Gasteiger partial charge in [-0.25, -0.2) is 9.97 Å². The lowest BCUT2D eigenvalue weighted by Gasteiger charge is -2.26. The van der Waals surface area contributed by atoms with Crippen LogP contribution in [0.3, 0.4) is 0 Å². The van der Waals surface area contributed by atoms with Crippen LogP contribution in [0.15, 0.2) is 75.9 Å². The van der Waals surface area contributed by atoms with E-state index < -0.39 is 0 Å². The summed E-state index contributed by atoms with van der Waals surface area (Å²) in [6.45, 7) is 2.83. The predicted octanol–water partition coefficient (Wildman–Crippen LogP) is 5.32. The Morgan fingerprint density at radius 1 is 1.02 bits per heavy atom. The Morgan fingerprint density at radius 3 is 2.77 bits per heavy atom. The number of nitrogens with zero attached hydrogens (tertiary/aromatic N) is 5. The highest BCUT2D eigenvalue weighted by molar-refractivity contribution is 5.82. The molecule has 6 aromatic rings. The number of furan rings is 2. The van der Waals surface area contributed by atoms with Crippen LogP contribution in [0.5, 0.6) is 11.5 Å². The number of nitrogens with one attached hydrogen (secondary N) is 1. The molecule has 0 fully saturated rings. The standard InChI is InChI=1S/C30H28N6O4/c1-37-24-10-9-19(14-26(24)38-2)15-31-30-32-16-20(29-33-28(34-36(29)30)25-8-5-13-39-25)17-35-12-11-22-21-6-3-4-7-23(21)40-27(22)18-35/h3-10,13-14,16H,11-12,15,17-18H2,1-2H3,(H,31,32). The van der Waals surface area contributed by atoms with Crippen molar-refractivity contribution in [2.45, 2.75) is 26.1 Å². The minimum absolute atomic E-state index is 0.506. The third-order valence-electron chi connectivity index (χ3n) is 7.30. The fourth-order valence-electron chi connectivity index (χ4n) is 5.31. The summed E-state index contributed by atoms with van der Waals surface area (Å²) in [4.78, 5) is 12.0. The maximum atomic E-state index is 6.19. The monoisotopic (exact) mass is 536 g/mol. The van der Waals surface area contributed by atoms with Gasteiger partial charge in [-0.2, -0.15) is 4.52 Å². The minimum atomic E-state index is 0.506. The summed E-state index contributed by atoms with van der Waals surface area (Å²) in [7, 11) is 3.25. The lowest BCUT2D eigenvalue weighted by atomic mass is 10.0. The van der Waals surface area contributed by atoms with Gasteiger partial charge in [0.15, 0.2) is 22.9 Å². The predicted molar refractivity (Wildman–Crippen MR) is 149 cm³/mol. The van der Waals surface area contributed by atoms with E-state index in [-0.39, 0.29) is 0 Å². The zero-order valence-electron chi connectivity index (χ0n) is 22.3. The minimum Gasteiger partial charge on any atom is -0.493 e. The molecule has 0 spiro atoms. The average molecular weight is 537 g/mol. The van der Waals surface area contributed by atoms with Gasteiger partial charge in [0.2, 0.25) is 11.8 Å². The van der Waals surface area contributed by atoms with Crippen molar-refractivity contribution in [3.63, 3.8) is 0 Å². The number of ether oxygens (including phenoxy) is 2. The molecule has 40 heavy (non-hydrogen) atoms. The number of hydrogen-bond acceptors (Lipinski definition) is 9. The molecule has 10 nitrogen and oxygen atoms in total. The molecule has 0 unspecified atom stereocenters. The summed E-state index contributed by atoms with van der Waals surface area (Å²) < 4.78 is 24.4. The van der Waals surface area contributed by atoms with Crippen LogP contribution in [-0.2, 0) is 26.1 Å². The lowest BCUT2D eigenvalue weighted by molar-refractivity contribution is 0.224. The number of rotatable bonds is 8. The Balaban J connectivity index is 1.18. The highest BCUT2D eigenvalue weighted by Crippen LogP contribution is 2.32. The first-order chi connectivity index (χ1) is 19.7. The second kappa shape index (κ2) is 10.0. The Labute approximate surface area is 230 Å². The van der Waals surface area contributed by atoms with Crippen molar-refractivity contribution in [2.24, 2.45) is 0 Å². The smallest absolute Gasteiger partial charge is 0.226 e. The third-order valence-corrected chi connectivity index (χ3v) is 7.30. The highest BCUT2D eigenvalue weighted by Gasteiger charge is 2.24. The molecule has 0 radical (unpaired) electrons. The van der Waals surface area contributed by atoms with E-state index in [2.05, 4.69) is 22.3 Å². The molecule has 0 aliphatic carbocycles. The fraction of sp³-hybridized carbons (Fsp3) is 0.233. The SMILES string of the molecule is COc1ccc(CNc2ncc(CN3CCc4c(oc5ccccc45)C3)c3nc(-c4ccco4)nn23)cc1OC. The molecule has 10 heteroatoms. The summed E-state index contributed by atoms with van der Waals surface area (Å²) in [6, 6.07) is 17.7. The van der Waals surface area contributed by atoms with Gasteiger partial charge in [0.05, 0.1) is 27.0 Å². The Bertz CT molecular complexity index is 1810. The molecule has 5 heterocycles. The summed E-state index contributed by atoms with van der Waals surface area (Å²) in [5, 5.41) is 9.37. The second-order valence-corrected chi connectivity index (χ2v) is 9.76. The van der Waals surface area contributed by atoms with Crippen molar-refractivity contribution >= 4 is 22.6 Å². The zero-order valence-corrected chi connectivity index (χ0v) is 22.3. The molecular formula is C30H28N6O4. The first kappa shape index (κ1) is 24.2. The van der Waals surface area contributed by atoms with Gasteiger partial charge < -0.3 is 23.6 Å². The van der Waals surface area contributed by atoms with Crippen LogP contribution in [0.1, 0.15) is 22.5 Å². The first-order valence-corrected chi connectivity index (χ1v) is 13.1. The quantitative estimate of drug-likeness (QED) is 0.277. The highest BCUT2D eigenvalue weighted by atomic mass is 16.5. The van der Waals surface area contributed by atoms with Gasteiger partial charge in [-0.1, -0.05) is 24.3 Å². The molecule has 4 aromatic heterocycles. The van der Waals surface area contributed by atoms with E-state index >= 15 is 0 Å². The first-order valence-electron chi connectivity index (χ1n) is 13.1. The summed E-state index contributed by atoms with van der Waals surface area (Å²) in [5.41, 5.74) is 4.97. The van der Waals surface area contributed by atoms with E-state index in [1.807, 2.05) is 48.7 Å². The molecular weight excluding hydrogens is 508 g/mol. The van der Waals surface area contributed by atoms with Crippen molar-refractivity contribution in [1.82, 2.24) is 24.5 Å². The Morgan fingerprint density at radius 2 is 1.93 bits per heavy atom. The van der Waals surface area contributed by atoms with Crippen LogP contribution in [0.2, 0.25) is 0 Å². The normalized spacial score (nSPS) is 13.6. The van der Waals surface area contributed by atoms with E-state index in [4.69, 9.17) is 33.4 Å². The van der Waals surface area contributed by atoms with Gasteiger partial charge >= 0.3 is 0 Å². The molecule has 1 N–H and O–H groups in total. The van der Waals surface area contributed by atoms with E-state index in [0.717, 1.165) is 47.6 Å². The molecule has 2 aromatic carbocycles. The maximum Gasteiger partial charge on any atom is 0.226 e. The topological polar surface area (TPSA) is 103 Å². The number of hydrogen-bond donors (Lipinski definition) is 1. The number of para-hydroxylation sites is 1. The van der Waals surface area contributed by atoms with E-state index in [0.29, 0.717) is 42.1 Å². The van der Waals surface area contributed by atoms with Crippen molar-refractivity contribution in [3.05, 3.63) is 89.5 Å².